The van der Waals surface area contributed by atoms with Gasteiger partial charge in [-0.15, -0.1) is 0 Å². The molecule has 0 saturated carbocycles. The van der Waals surface area contributed by atoms with Gasteiger partial charge >= 0.3 is 12.1 Å². The molecule has 2 saturated heterocycles. The maximum atomic E-state index is 10.6. The predicted octanol–water partition coefficient (Wildman–Crippen LogP) is 5.29. The highest BCUT2D eigenvalue weighted by atomic mass is 79.9. The first kappa shape index (κ1) is 33.3. The number of anilines is 3. The molecule has 0 bridgehead atoms. The molecule has 0 spiro atoms. The van der Waals surface area contributed by atoms with E-state index in [1.807, 2.05) is 0 Å². The number of piperazine rings is 1. The number of halogens is 4. The first-order chi connectivity index (χ1) is 20.7. The maximum Gasteiger partial charge on any atom is 0.490 e. The van der Waals surface area contributed by atoms with Gasteiger partial charge in [-0.25, -0.2) is 14.8 Å². The summed E-state index contributed by atoms with van der Waals surface area (Å²) in [5.74, 6) is 5.05. The highest BCUT2D eigenvalue weighted by Gasteiger charge is 2.38. The minimum absolute atomic E-state index is 0.0374. The molecule has 2 aliphatic heterocycles. The SMILES string of the molecule is Cc1c(NCCN2CCCC2)cc(C#CC(C)(C)C)cc1N1CCN(c2ncnc3n[nH]c(Br)c23)CC1.O=C(O)C(F)(F)F. The lowest BCUT2D eigenvalue weighted by molar-refractivity contribution is -0.192. The number of carboxylic acids is 1. The highest BCUT2D eigenvalue weighted by molar-refractivity contribution is 9.10. The monoisotopic (exact) mass is 678 g/mol. The van der Waals surface area contributed by atoms with Gasteiger partial charge in [-0.2, -0.15) is 18.3 Å². The number of aromatic amines is 1. The molecule has 0 amide bonds. The lowest BCUT2D eigenvalue weighted by Crippen LogP contribution is -2.47. The van der Waals surface area contributed by atoms with E-state index in [1.54, 1.807) is 6.33 Å². The Labute approximate surface area is 263 Å². The first-order valence-corrected chi connectivity index (χ1v) is 15.3. The van der Waals surface area contributed by atoms with Crippen LogP contribution < -0.4 is 15.1 Å². The van der Waals surface area contributed by atoms with E-state index in [0.717, 1.165) is 60.6 Å². The standard InChI is InChI=1S/C28H37BrN8.C2HF3O2/c1-20-22(30-9-12-35-10-5-6-11-35)17-21(7-8-28(2,3)4)18-23(20)36-13-15-37(16-14-36)27-24-25(29)33-34-26(24)31-19-32-27;3-2(4,5)1(6)7/h17-19,30H,5-6,9-16H2,1-4H3,(H,31,32,33,34);(H,6,7). The number of nitrogens with zero attached hydrogens (tertiary/aromatic N) is 6. The van der Waals surface area contributed by atoms with Gasteiger partial charge in [0.15, 0.2) is 5.65 Å². The van der Waals surface area contributed by atoms with Crippen LogP contribution in [0.15, 0.2) is 23.1 Å². The van der Waals surface area contributed by atoms with E-state index in [-0.39, 0.29) is 5.41 Å². The van der Waals surface area contributed by atoms with Crippen molar-refractivity contribution in [1.82, 2.24) is 25.1 Å². The Morgan fingerprint density at radius 3 is 2.32 bits per heavy atom. The van der Waals surface area contributed by atoms with Crippen molar-refractivity contribution in [1.29, 1.82) is 0 Å². The molecule has 0 radical (unpaired) electrons. The number of aromatic nitrogens is 4. The number of fused-ring (bicyclic) bond motifs is 1. The maximum absolute atomic E-state index is 10.6. The molecule has 0 aliphatic carbocycles. The lowest BCUT2D eigenvalue weighted by atomic mass is 9.97. The Morgan fingerprint density at radius 2 is 1.70 bits per heavy atom. The Morgan fingerprint density at radius 1 is 1.07 bits per heavy atom. The summed E-state index contributed by atoms with van der Waals surface area (Å²) in [6.07, 6.45) is -0.838. The zero-order valence-electron chi connectivity index (χ0n) is 25.4. The zero-order valence-corrected chi connectivity index (χ0v) is 26.9. The molecule has 4 heterocycles. The van der Waals surface area contributed by atoms with Crippen molar-refractivity contribution in [2.24, 2.45) is 5.41 Å². The van der Waals surface area contributed by atoms with Crippen molar-refractivity contribution in [3.05, 3.63) is 34.2 Å². The van der Waals surface area contributed by atoms with Gasteiger partial charge in [0.2, 0.25) is 0 Å². The van der Waals surface area contributed by atoms with Crippen LogP contribution in [0, 0.1) is 24.2 Å². The summed E-state index contributed by atoms with van der Waals surface area (Å²) in [5, 5.41) is 19.0. The lowest BCUT2D eigenvalue weighted by Gasteiger charge is -2.38. The number of H-pyrrole nitrogens is 1. The molecule has 2 aliphatic rings. The molecule has 10 nitrogen and oxygen atoms in total. The second kappa shape index (κ2) is 14.0. The van der Waals surface area contributed by atoms with Gasteiger partial charge < -0.3 is 25.1 Å². The number of alkyl halides is 3. The fourth-order valence-corrected chi connectivity index (χ4v) is 5.55. The minimum Gasteiger partial charge on any atom is -0.475 e. The third-order valence-corrected chi connectivity index (χ3v) is 7.93. The zero-order chi connectivity index (χ0) is 32.1. The van der Waals surface area contributed by atoms with Crippen molar-refractivity contribution in [3.8, 4) is 11.8 Å². The van der Waals surface area contributed by atoms with Gasteiger partial charge in [-0.1, -0.05) is 11.8 Å². The van der Waals surface area contributed by atoms with Crippen molar-refractivity contribution >= 4 is 50.1 Å². The summed E-state index contributed by atoms with van der Waals surface area (Å²) in [6.45, 7) is 16.8. The molecule has 3 N–H and O–H groups in total. The van der Waals surface area contributed by atoms with E-state index < -0.39 is 12.1 Å². The molecule has 1 aromatic carbocycles. The van der Waals surface area contributed by atoms with Crippen molar-refractivity contribution in [3.63, 3.8) is 0 Å². The number of carbonyl (C=O) groups is 1. The number of nitrogens with one attached hydrogen (secondary N) is 2. The Kier molecular flexibility index (Phi) is 10.6. The number of aliphatic carboxylic acids is 1. The summed E-state index contributed by atoms with van der Waals surface area (Å²) in [7, 11) is 0. The van der Waals surface area contributed by atoms with Crippen LogP contribution in [0.2, 0.25) is 0 Å². The normalized spacial score (nSPS) is 15.9. The van der Waals surface area contributed by atoms with Crippen LogP contribution >= 0.6 is 15.9 Å². The second-order valence-electron chi connectivity index (χ2n) is 11.9. The van der Waals surface area contributed by atoms with E-state index in [0.29, 0.717) is 5.65 Å². The van der Waals surface area contributed by atoms with Gasteiger partial charge in [-0.3, -0.25) is 5.10 Å². The fraction of sp³-hybridized carbons (Fsp3) is 0.533. The van der Waals surface area contributed by atoms with Crippen LogP contribution in [0.25, 0.3) is 11.0 Å². The average Bonchev–Trinajstić information content (AvgIpc) is 3.62. The van der Waals surface area contributed by atoms with Gasteiger partial charge in [0.25, 0.3) is 0 Å². The summed E-state index contributed by atoms with van der Waals surface area (Å²) in [6, 6.07) is 4.50. The quantitative estimate of drug-likeness (QED) is 0.300. The molecule has 238 valence electrons. The van der Waals surface area contributed by atoms with Crippen molar-refractivity contribution in [2.75, 3.05) is 67.5 Å². The number of benzene rings is 1. The molecule has 2 fully saturated rings. The Hall–Kier alpha value is -3.57. The van der Waals surface area contributed by atoms with Crippen LogP contribution in [0.1, 0.15) is 44.7 Å². The predicted molar refractivity (Wildman–Crippen MR) is 169 cm³/mol. The van der Waals surface area contributed by atoms with E-state index in [2.05, 4.69) is 108 Å². The smallest absolute Gasteiger partial charge is 0.475 e. The van der Waals surface area contributed by atoms with Crippen molar-refractivity contribution in [2.45, 2.75) is 46.7 Å². The van der Waals surface area contributed by atoms with E-state index in [9.17, 15) is 13.2 Å². The number of likely N-dealkylation sites (tertiary alicyclic amines) is 1. The topological polar surface area (TPSA) is 114 Å². The van der Waals surface area contributed by atoms with Gasteiger partial charge in [0.1, 0.15) is 16.7 Å². The van der Waals surface area contributed by atoms with Crippen molar-refractivity contribution < 1.29 is 23.1 Å². The van der Waals surface area contributed by atoms with Crippen LogP contribution in [0.3, 0.4) is 0 Å². The molecular formula is C30H38BrF3N8O2. The number of hydrogen-bond acceptors (Lipinski definition) is 8. The van der Waals surface area contributed by atoms with Crippen LogP contribution in [-0.4, -0.2) is 94.7 Å². The average molecular weight is 680 g/mol. The molecule has 0 atom stereocenters. The summed E-state index contributed by atoms with van der Waals surface area (Å²) in [4.78, 5) is 25.1. The Balaban J connectivity index is 0.000000566. The molecule has 3 aromatic rings. The number of carboxylic acid groups (broad SMARTS) is 1. The molecule has 2 aromatic heterocycles. The van der Waals surface area contributed by atoms with Crippen LogP contribution in [-0.2, 0) is 4.79 Å². The molecule has 0 unspecified atom stereocenters. The van der Waals surface area contributed by atoms with E-state index >= 15 is 0 Å². The van der Waals surface area contributed by atoms with Gasteiger partial charge in [-0.05, 0) is 87.3 Å². The summed E-state index contributed by atoms with van der Waals surface area (Å²) in [5.41, 5.74) is 5.47. The first-order valence-electron chi connectivity index (χ1n) is 14.5. The minimum atomic E-state index is -5.08. The molecule has 14 heteroatoms. The van der Waals surface area contributed by atoms with Crippen LogP contribution in [0.5, 0.6) is 0 Å². The van der Waals surface area contributed by atoms with Gasteiger partial charge in [0.05, 0.1) is 5.39 Å². The number of rotatable bonds is 6. The Bertz CT molecular complexity index is 1510. The molecular weight excluding hydrogens is 641 g/mol. The third kappa shape index (κ3) is 8.75. The third-order valence-electron chi connectivity index (χ3n) is 7.35. The van der Waals surface area contributed by atoms with Crippen LogP contribution in [0.4, 0.5) is 30.4 Å². The number of hydrogen-bond donors (Lipinski definition) is 3. The molecule has 44 heavy (non-hydrogen) atoms. The fourth-order valence-electron chi connectivity index (χ4n) is 5.10. The van der Waals surface area contributed by atoms with E-state index in [4.69, 9.17) is 9.90 Å². The van der Waals surface area contributed by atoms with Gasteiger partial charge in [0, 0.05) is 61.6 Å². The highest BCUT2D eigenvalue weighted by Crippen LogP contribution is 2.32. The largest absolute Gasteiger partial charge is 0.490 e. The second-order valence-corrected chi connectivity index (χ2v) is 12.6. The van der Waals surface area contributed by atoms with E-state index in [1.165, 1.54) is 42.9 Å². The summed E-state index contributed by atoms with van der Waals surface area (Å²) >= 11 is 3.57. The molecule has 5 rings (SSSR count). The summed E-state index contributed by atoms with van der Waals surface area (Å²) < 4.78 is 32.6.